The Labute approximate surface area is 368 Å². The van der Waals surface area contributed by atoms with E-state index >= 15 is 0 Å². The fraction of sp³-hybridized carbons (Fsp3) is 0.100. The summed E-state index contributed by atoms with van der Waals surface area (Å²) in [5.74, 6) is 0. The lowest BCUT2D eigenvalue weighted by Crippen LogP contribution is -2.15. The van der Waals surface area contributed by atoms with Crippen LogP contribution in [0.1, 0.15) is 49.9 Å². The lowest BCUT2D eigenvalue weighted by atomic mass is 9.81. The Morgan fingerprint density at radius 1 is 0.339 bits per heavy atom. The molecule has 2 aliphatic rings. The summed E-state index contributed by atoms with van der Waals surface area (Å²) in [6.45, 7) is 9.47. The highest BCUT2D eigenvalue weighted by Gasteiger charge is 2.38. The van der Waals surface area contributed by atoms with Crippen molar-refractivity contribution >= 4 is 48.6 Å². The smallest absolute Gasteiger partial charge is 0.0540 e. The molecule has 0 fully saturated rings. The third-order valence-electron chi connectivity index (χ3n) is 13.9. The summed E-state index contributed by atoms with van der Waals surface area (Å²) < 4.78 is 2.62. The molecule has 0 atom stereocenters. The molecule has 1 aromatic heterocycles. The summed E-state index contributed by atoms with van der Waals surface area (Å²) in [5, 5.41) is 2.63. The zero-order chi connectivity index (χ0) is 41.7. The first-order valence-electron chi connectivity index (χ1n) is 21.8. The summed E-state index contributed by atoms with van der Waals surface area (Å²) in [5.41, 5.74) is 21.3. The highest BCUT2D eigenvalue weighted by Crippen LogP contribution is 2.55. The second-order valence-corrected chi connectivity index (χ2v) is 19.1. The van der Waals surface area contributed by atoms with E-state index < -0.39 is 0 Å². The van der Waals surface area contributed by atoms with E-state index in [0.717, 1.165) is 17.1 Å². The second kappa shape index (κ2) is 13.8. The fourth-order valence-electron chi connectivity index (χ4n) is 10.8. The SMILES string of the molecule is CC1(C)c2ccccc2-c2ccc(-c3cccc(N(c4ccccc4-c4ccc5c(c4)sc4ccccc45)c4ccccc4-c4cccc5c4-c4ccccc4C5(C)C)c3)cc21. The number of hydrogen-bond donors (Lipinski definition) is 0. The molecule has 0 spiro atoms. The van der Waals surface area contributed by atoms with Crippen molar-refractivity contribution in [1.82, 2.24) is 0 Å². The van der Waals surface area contributed by atoms with E-state index in [1.807, 2.05) is 11.3 Å². The van der Waals surface area contributed by atoms with Crippen LogP contribution in [-0.4, -0.2) is 0 Å². The summed E-state index contributed by atoms with van der Waals surface area (Å²) in [6.07, 6.45) is 0. The Morgan fingerprint density at radius 2 is 0.887 bits per heavy atom. The number of hydrogen-bond acceptors (Lipinski definition) is 2. The number of nitrogens with zero attached hydrogens (tertiary/aromatic N) is 1. The minimum absolute atomic E-state index is 0.0812. The topological polar surface area (TPSA) is 3.24 Å². The van der Waals surface area contributed by atoms with E-state index in [9.17, 15) is 0 Å². The quantitative estimate of drug-likeness (QED) is 0.162. The number of anilines is 3. The van der Waals surface area contributed by atoms with Crippen LogP contribution in [0, 0.1) is 0 Å². The zero-order valence-corrected chi connectivity index (χ0v) is 36.2. The summed E-state index contributed by atoms with van der Waals surface area (Å²) in [6, 6.07) is 74.9. The molecule has 296 valence electrons. The van der Waals surface area contributed by atoms with Gasteiger partial charge in [-0.3, -0.25) is 0 Å². The highest BCUT2D eigenvalue weighted by molar-refractivity contribution is 7.25. The molecule has 9 aromatic carbocycles. The molecule has 2 aliphatic carbocycles. The third-order valence-corrected chi connectivity index (χ3v) is 15.0. The van der Waals surface area contributed by atoms with Crippen molar-refractivity contribution in [2.75, 3.05) is 4.90 Å². The zero-order valence-electron chi connectivity index (χ0n) is 35.4. The average molecular weight is 812 g/mol. The molecular formula is C60H45NS. The molecule has 0 unspecified atom stereocenters. The molecule has 1 nitrogen and oxygen atoms in total. The molecule has 0 N–H and O–H groups in total. The van der Waals surface area contributed by atoms with Crippen LogP contribution in [0.4, 0.5) is 17.1 Å². The van der Waals surface area contributed by atoms with Crippen molar-refractivity contribution in [2.24, 2.45) is 0 Å². The van der Waals surface area contributed by atoms with Gasteiger partial charge in [-0.1, -0.05) is 185 Å². The molecule has 12 rings (SSSR count). The van der Waals surface area contributed by atoms with Crippen molar-refractivity contribution in [1.29, 1.82) is 0 Å². The highest BCUT2D eigenvalue weighted by atomic mass is 32.1. The van der Waals surface area contributed by atoms with Crippen molar-refractivity contribution < 1.29 is 0 Å². The largest absolute Gasteiger partial charge is 0.309 e. The number of rotatable bonds is 6. The van der Waals surface area contributed by atoms with Gasteiger partial charge in [-0.05, 0) is 109 Å². The number of para-hydroxylation sites is 2. The maximum atomic E-state index is 2.52. The van der Waals surface area contributed by atoms with Crippen molar-refractivity contribution in [3.63, 3.8) is 0 Å². The lowest BCUT2D eigenvalue weighted by molar-refractivity contribution is 0.660. The molecular weight excluding hydrogens is 767 g/mol. The molecule has 0 saturated carbocycles. The average Bonchev–Trinajstić information content (AvgIpc) is 3.89. The van der Waals surface area contributed by atoms with E-state index in [-0.39, 0.29) is 10.8 Å². The summed E-state index contributed by atoms with van der Waals surface area (Å²) >= 11 is 1.87. The molecule has 2 heteroatoms. The van der Waals surface area contributed by atoms with Crippen LogP contribution >= 0.6 is 11.3 Å². The van der Waals surface area contributed by atoms with Gasteiger partial charge in [0.25, 0.3) is 0 Å². The van der Waals surface area contributed by atoms with E-state index in [2.05, 4.69) is 233 Å². The van der Waals surface area contributed by atoms with Crippen molar-refractivity contribution in [3.8, 4) is 55.6 Å². The first-order valence-corrected chi connectivity index (χ1v) is 22.6. The van der Waals surface area contributed by atoms with Crippen LogP contribution in [0.15, 0.2) is 200 Å². The minimum Gasteiger partial charge on any atom is -0.309 e. The molecule has 0 amide bonds. The van der Waals surface area contributed by atoms with Gasteiger partial charge in [0, 0.05) is 47.8 Å². The number of thiophene rings is 1. The molecule has 62 heavy (non-hydrogen) atoms. The van der Waals surface area contributed by atoms with Gasteiger partial charge in [0.2, 0.25) is 0 Å². The van der Waals surface area contributed by atoms with Gasteiger partial charge in [0.15, 0.2) is 0 Å². The molecule has 0 bridgehead atoms. The van der Waals surface area contributed by atoms with Crippen LogP contribution in [-0.2, 0) is 10.8 Å². The van der Waals surface area contributed by atoms with E-state index in [0.29, 0.717) is 0 Å². The van der Waals surface area contributed by atoms with Crippen LogP contribution < -0.4 is 4.90 Å². The minimum atomic E-state index is -0.103. The summed E-state index contributed by atoms with van der Waals surface area (Å²) in [7, 11) is 0. The van der Waals surface area contributed by atoms with Gasteiger partial charge in [0.05, 0.1) is 11.4 Å². The predicted molar refractivity (Wildman–Crippen MR) is 265 cm³/mol. The Hall–Kier alpha value is -7.00. The van der Waals surface area contributed by atoms with Crippen LogP contribution in [0.3, 0.4) is 0 Å². The first-order chi connectivity index (χ1) is 30.3. The number of fused-ring (bicyclic) bond motifs is 9. The van der Waals surface area contributed by atoms with E-state index in [1.54, 1.807) is 0 Å². The fourth-order valence-corrected chi connectivity index (χ4v) is 11.9. The maximum absolute atomic E-state index is 2.52. The van der Waals surface area contributed by atoms with Crippen LogP contribution in [0.25, 0.3) is 75.8 Å². The van der Waals surface area contributed by atoms with E-state index in [1.165, 1.54) is 98.1 Å². The third kappa shape index (κ3) is 5.46. The van der Waals surface area contributed by atoms with Crippen molar-refractivity contribution in [3.05, 3.63) is 222 Å². The molecule has 0 aliphatic heterocycles. The Morgan fingerprint density at radius 3 is 1.71 bits per heavy atom. The summed E-state index contributed by atoms with van der Waals surface area (Å²) in [4.78, 5) is 2.52. The second-order valence-electron chi connectivity index (χ2n) is 18.1. The number of benzene rings is 9. The lowest BCUT2D eigenvalue weighted by Gasteiger charge is -2.31. The van der Waals surface area contributed by atoms with Crippen LogP contribution in [0.2, 0.25) is 0 Å². The van der Waals surface area contributed by atoms with Gasteiger partial charge in [0.1, 0.15) is 0 Å². The first kappa shape index (κ1) is 36.8. The molecule has 0 radical (unpaired) electrons. The predicted octanol–water partition coefficient (Wildman–Crippen LogP) is 17.1. The van der Waals surface area contributed by atoms with Gasteiger partial charge in [-0.2, -0.15) is 0 Å². The van der Waals surface area contributed by atoms with Gasteiger partial charge >= 0.3 is 0 Å². The van der Waals surface area contributed by atoms with Gasteiger partial charge in [-0.15, -0.1) is 11.3 Å². The Bertz CT molecular complexity index is 3430. The van der Waals surface area contributed by atoms with Crippen LogP contribution in [0.5, 0.6) is 0 Å². The molecule has 10 aromatic rings. The molecule has 1 heterocycles. The monoisotopic (exact) mass is 811 g/mol. The van der Waals surface area contributed by atoms with Gasteiger partial charge < -0.3 is 4.90 Å². The van der Waals surface area contributed by atoms with Crippen molar-refractivity contribution in [2.45, 2.75) is 38.5 Å². The normalized spacial score (nSPS) is 14.1. The molecule has 0 saturated heterocycles. The Kier molecular flexibility index (Phi) is 8.17. The maximum Gasteiger partial charge on any atom is 0.0540 e. The van der Waals surface area contributed by atoms with Gasteiger partial charge in [-0.25, -0.2) is 0 Å². The standard InChI is InChI=1S/C60H45NS/c1-59(2)51-26-11-6-23-49(51)58-48(24-16-27-52(58)59)45-21-8-13-29-55(45)61(54-28-12-7-19-42(54)40-32-34-47-46-22-9-14-30-56(46)62-57(47)37-40)41-18-15-17-38(35-41)39-31-33-44-43-20-5-10-25-50(43)60(3,4)53(44)36-39/h5-37H,1-4H3. The Balaban J connectivity index is 1.07. The van der Waals surface area contributed by atoms with E-state index in [4.69, 9.17) is 0 Å².